The van der Waals surface area contributed by atoms with Gasteiger partial charge in [-0.2, -0.15) is 0 Å². The Bertz CT molecular complexity index is 908. The number of amides is 1. The second kappa shape index (κ2) is 9.20. The zero-order chi connectivity index (χ0) is 21.7. The van der Waals surface area contributed by atoms with Crippen molar-refractivity contribution < 1.29 is 24.2 Å². The third-order valence-corrected chi connectivity index (χ3v) is 5.53. The van der Waals surface area contributed by atoms with Crippen LogP contribution in [0.1, 0.15) is 43.7 Å². The number of ether oxygens (including phenoxy) is 2. The highest BCUT2D eigenvalue weighted by Crippen LogP contribution is 2.31. The van der Waals surface area contributed by atoms with Crippen LogP contribution in [0.5, 0.6) is 11.5 Å². The van der Waals surface area contributed by atoms with Crippen LogP contribution in [0.2, 0.25) is 0 Å². The molecule has 0 bridgehead atoms. The second-order valence-corrected chi connectivity index (χ2v) is 8.16. The molecule has 1 aliphatic rings. The smallest absolute Gasteiger partial charge is 0.347 e. The number of aliphatic carboxylic acids is 1. The van der Waals surface area contributed by atoms with E-state index < -0.39 is 11.6 Å². The Kier molecular flexibility index (Phi) is 6.65. The van der Waals surface area contributed by atoms with Gasteiger partial charge in [-0.15, -0.1) is 0 Å². The van der Waals surface area contributed by atoms with Crippen molar-refractivity contribution in [3.05, 3.63) is 59.7 Å². The molecular formula is C24H29NO5. The number of carbonyl (C=O) groups excluding carboxylic acids is 1. The first-order chi connectivity index (χ1) is 14.3. The largest absolute Gasteiger partial charge is 0.496 e. The van der Waals surface area contributed by atoms with E-state index in [2.05, 4.69) is 0 Å². The van der Waals surface area contributed by atoms with Gasteiger partial charge in [-0.1, -0.05) is 30.3 Å². The summed E-state index contributed by atoms with van der Waals surface area (Å²) in [5.41, 5.74) is 0.643. The van der Waals surface area contributed by atoms with Crippen LogP contribution in [0.3, 0.4) is 0 Å². The normalized spacial score (nSPS) is 16.8. The van der Waals surface area contributed by atoms with Crippen LogP contribution < -0.4 is 9.47 Å². The topological polar surface area (TPSA) is 76.1 Å². The van der Waals surface area contributed by atoms with E-state index >= 15 is 0 Å². The molecule has 1 atom stereocenters. The number of carboxylic acids is 1. The van der Waals surface area contributed by atoms with Crippen LogP contribution >= 0.6 is 0 Å². The first-order valence-corrected chi connectivity index (χ1v) is 10.2. The number of piperidine rings is 1. The minimum atomic E-state index is -1.30. The van der Waals surface area contributed by atoms with Gasteiger partial charge in [-0.05, 0) is 50.5 Å². The second-order valence-electron chi connectivity index (χ2n) is 8.16. The molecule has 0 aliphatic carbocycles. The number of carbonyl (C=O) groups is 2. The Morgan fingerprint density at radius 1 is 1.17 bits per heavy atom. The summed E-state index contributed by atoms with van der Waals surface area (Å²) >= 11 is 0. The Labute approximate surface area is 177 Å². The van der Waals surface area contributed by atoms with E-state index in [1.807, 2.05) is 47.4 Å². The van der Waals surface area contributed by atoms with Gasteiger partial charge in [0.05, 0.1) is 13.5 Å². The summed E-state index contributed by atoms with van der Waals surface area (Å²) in [6.07, 6.45) is 2.21. The fourth-order valence-electron chi connectivity index (χ4n) is 3.77. The standard InChI is InChI=1S/C24H29NO5/c1-24(2,23(27)28)30-20-11-6-9-17(14-20)19-10-7-13-25(16-19)22(26)15-18-8-4-5-12-21(18)29-3/h4-6,8-9,11-12,14,19H,7,10,13,15-16H2,1-3H3,(H,27,28). The third kappa shape index (κ3) is 5.12. The fourth-order valence-corrected chi connectivity index (χ4v) is 3.77. The van der Waals surface area contributed by atoms with Gasteiger partial charge >= 0.3 is 5.97 Å². The third-order valence-electron chi connectivity index (χ3n) is 5.53. The molecule has 0 spiro atoms. The zero-order valence-corrected chi connectivity index (χ0v) is 17.8. The van der Waals surface area contributed by atoms with E-state index in [1.165, 1.54) is 13.8 Å². The number of para-hydroxylation sites is 1. The highest BCUT2D eigenvalue weighted by Gasteiger charge is 2.30. The molecule has 2 aromatic rings. The maximum atomic E-state index is 12.9. The SMILES string of the molecule is COc1ccccc1CC(=O)N1CCCC(c2cccc(OC(C)(C)C(=O)O)c2)C1. The lowest BCUT2D eigenvalue weighted by Gasteiger charge is -2.33. The minimum Gasteiger partial charge on any atom is -0.496 e. The summed E-state index contributed by atoms with van der Waals surface area (Å²) in [4.78, 5) is 26.2. The molecule has 30 heavy (non-hydrogen) atoms. The number of carboxylic acid groups (broad SMARTS) is 1. The van der Waals surface area contributed by atoms with Crippen molar-refractivity contribution in [1.82, 2.24) is 4.90 Å². The molecule has 0 saturated carbocycles. The quantitative estimate of drug-likeness (QED) is 0.748. The Hall–Kier alpha value is -3.02. The van der Waals surface area contributed by atoms with Crippen molar-refractivity contribution >= 4 is 11.9 Å². The molecule has 0 radical (unpaired) electrons. The number of rotatable bonds is 7. The molecular weight excluding hydrogens is 382 g/mol. The van der Waals surface area contributed by atoms with E-state index in [1.54, 1.807) is 13.2 Å². The Morgan fingerprint density at radius 2 is 1.93 bits per heavy atom. The highest BCUT2D eigenvalue weighted by atomic mass is 16.5. The summed E-state index contributed by atoms with van der Waals surface area (Å²) in [6, 6.07) is 15.1. The number of likely N-dealkylation sites (tertiary alicyclic amines) is 1. The molecule has 1 heterocycles. The first kappa shape index (κ1) is 21.7. The van der Waals surface area contributed by atoms with Crippen LogP contribution in [0.15, 0.2) is 48.5 Å². The predicted octanol–water partition coefficient (Wildman–Crippen LogP) is 3.89. The maximum absolute atomic E-state index is 12.9. The van der Waals surface area contributed by atoms with Crippen molar-refractivity contribution in [1.29, 1.82) is 0 Å². The maximum Gasteiger partial charge on any atom is 0.347 e. The summed E-state index contributed by atoms with van der Waals surface area (Å²) < 4.78 is 11.0. The van der Waals surface area contributed by atoms with Crippen molar-refractivity contribution in [2.24, 2.45) is 0 Å². The average Bonchev–Trinajstić information content (AvgIpc) is 2.74. The highest BCUT2D eigenvalue weighted by molar-refractivity contribution is 5.79. The summed E-state index contributed by atoms with van der Waals surface area (Å²) in [7, 11) is 1.61. The van der Waals surface area contributed by atoms with E-state index in [9.17, 15) is 14.7 Å². The number of hydrogen-bond acceptors (Lipinski definition) is 4. The fraction of sp³-hybridized carbons (Fsp3) is 0.417. The van der Waals surface area contributed by atoms with Gasteiger partial charge in [-0.3, -0.25) is 4.79 Å². The molecule has 0 aromatic heterocycles. The number of methoxy groups -OCH3 is 1. The zero-order valence-electron chi connectivity index (χ0n) is 17.8. The molecule has 1 unspecified atom stereocenters. The van der Waals surface area contributed by atoms with Crippen molar-refractivity contribution in [3.8, 4) is 11.5 Å². The van der Waals surface area contributed by atoms with Gasteiger partial charge in [0.1, 0.15) is 11.5 Å². The molecule has 1 aliphatic heterocycles. The summed E-state index contributed by atoms with van der Waals surface area (Å²) in [5.74, 6) is 0.516. The first-order valence-electron chi connectivity index (χ1n) is 10.2. The van der Waals surface area contributed by atoms with Gasteiger partial charge in [0.25, 0.3) is 0 Å². The average molecular weight is 411 g/mol. The van der Waals surface area contributed by atoms with E-state index in [0.717, 1.165) is 36.3 Å². The predicted molar refractivity (Wildman–Crippen MR) is 114 cm³/mol. The lowest BCUT2D eigenvalue weighted by Crippen LogP contribution is -2.40. The number of benzene rings is 2. The van der Waals surface area contributed by atoms with Crippen LogP contribution in [0, 0.1) is 0 Å². The molecule has 2 aromatic carbocycles. The van der Waals surface area contributed by atoms with Gasteiger partial charge < -0.3 is 19.5 Å². The molecule has 1 fully saturated rings. The van der Waals surface area contributed by atoms with Crippen LogP contribution in [-0.2, 0) is 16.0 Å². The van der Waals surface area contributed by atoms with Crippen LogP contribution in [-0.4, -0.2) is 47.7 Å². The van der Waals surface area contributed by atoms with Gasteiger partial charge in [-0.25, -0.2) is 4.79 Å². The molecule has 160 valence electrons. The van der Waals surface area contributed by atoms with Crippen molar-refractivity contribution in [2.75, 3.05) is 20.2 Å². The molecule has 6 heteroatoms. The van der Waals surface area contributed by atoms with E-state index in [-0.39, 0.29) is 11.8 Å². The minimum absolute atomic E-state index is 0.0867. The molecule has 1 N–H and O–H groups in total. The van der Waals surface area contributed by atoms with Gasteiger partial charge in [0.2, 0.25) is 5.91 Å². The summed E-state index contributed by atoms with van der Waals surface area (Å²) in [5, 5.41) is 9.30. The Morgan fingerprint density at radius 3 is 2.67 bits per heavy atom. The van der Waals surface area contributed by atoms with Gasteiger partial charge in [0, 0.05) is 24.6 Å². The van der Waals surface area contributed by atoms with Gasteiger partial charge in [0.15, 0.2) is 5.60 Å². The molecule has 3 rings (SSSR count). The molecule has 1 saturated heterocycles. The van der Waals surface area contributed by atoms with E-state index in [4.69, 9.17) is 9.47 Å². The van der Waals surface area contributed by atoms with Crippen LogP contribution in [0.25, 0.3) is 0 Å². The van der Waals surface area contributed by atoms with E-state index in [0.29, 0.717) is 18.7 Å². The molecule has 1 amide bonds. The lowest BCUT2D eigenvalue weighted by molar-refractivity contribution is -0.152. The van der Waals surface area contributed by atoms with Crippen molar-refractivity contribution in [3.63, 3.8) is 0 Å². The number of hydrogen-bond donors (Lipinski definition) is 1. The lowest BCUT2D eigenvalue weighted by atomic mass is 9.90. The molecule has 6 nitrogen and oxygen atoms in total. The summed E-state index contributed by atoms with van der Waals surface area (Å²) in [6.45, 7) is 4.44. The van der Waals surface area contributed by atoms with Crippen LogP contribution in [0.4, 0.5) is 0 Å². The Balaban J connectivity index is 1.69. The number of nitrogens with zero attached hydrogens (tertiary/aromatic N) is 1. The monoisotopic (exact) mass is 411 g/mol. The van der Waals surface area contributed by atoms with Crippen molar-refractivity contribution in [2.45, 2.75) is 44.6 Å².